The maximum atomic E-state index is 13.6. The Balaban J connectivity index is 2.10. The van der Waals surface area contributed by atoms with Gasteiger partial charge in [0.2, 0.25) is 0 Å². The number of halogens is 4. The average molecular weight is 296 g/mol. The number of hydrogen-bond donors (Lipinski definition) is 1. The van der Waals surface area contributed by atoms with Gasteiger partial charge in [0.15, 0.2) is 23.0 Å². The van der Waals surface area contributed by atoms with Crippen molar-refractivity contribution in [3.8, 4) is 0 Å². The minimum Gasteiger partial charge on any atom is -0.455 e. The second-order valence-electron chi connectivity index (χ2n) is 4.50. The third-order valence-corrected chi connectivity index (χ3v) is 3.12. The summed E-state index contributed by atoms with van der Waals surface area (Å²) < 4.78 is 58.3. The Kier molecular flexibility index (Phi) is 3.17. The zero-order valence-electron chi connectivity index (χ0n) is 10.4. The van der Waals surface area contributed by atoms with Gasteiger partial charge >= 0.3 is 0 Å². The van der Waals surface area contributed by atoms with Crippen LogP contribution in [0.4, 0.5) is 17.6 Å². The summed E-state index contributed by atoms with van der Waals surface area (Å²) in [6, 6.07) is 6.33. The zero-order chi connectivity index (χ0) is 15.1. The summed E-state index contributed by atoms with van der Waals surface area (Å²) in [7, 11) is 0. The predicted molar refractivity (Wildman–Crippen MR) is 66.5 cm³/mol. The molecule has 2 nitrogen and oxygen atoms in total. The fraction of sp³-hybridized carbons (Fsp3) is 0.0667. The molecule has 1 aromatic heterocycles. The van der Waals surface area contributed by atoms with Crippen LogP contribution < -0.4 is 0 Å². The first-order valence-electron chi connectivity index (χ1n) is 5.98. The Hall–Kier alpha value is -2.34. The molecule has 0 amide bonds. The van der Waals surface area contributed by atoms with Crippen LogP contribution in [0.2, 0.25) is 0 Å². The number of fused-ring (bicyclic) bond motifs is 1. The lowest BCUT2D eigenvalue weighted by molar-refractivity contribution is 0.186. The molecule has 108 valence electrons. The van der Waals surface area contributed by atoms with E-state index in [4.69, 9.17) is 4.42 Å². The van der Waals surface area contributed by atoms with E-state index in [1.54, 1.807) is 6.07 Å². The van der Waals surface area contributed by atoms with Crippen molar-refractivity contribution in [2.75, 3.05) is 0 Å². The Labute approximate surface area is 116 Å². The summed E-state index contributed by atoms with van der Waals surface area (Å²) in [6.07, 6.45) is -1.67. The molecule has 3 rings (SSSR count). The van der Waals surface area contributed by atoms with Crippen molar-refractivity contribution < 1.29 is 27.1 Å². The highest BCUT2D eigenvalue weighted by Gasteiger charge is 2.22. The topological polar surface area (TPSA) is 33.4 Å². The quantitative estimate of drug-likeness (QED) is 0.571. The number of aliphatic hydroxyl groups is 1. The van der Waals surface area contributed by atoms with Gasteiger partial charge in [-0.25, -0.2) is 17.6 Å². The molecule has 0 bridgehead atoms. The maximum absolute atomic E-state index is 13.6. The van der Waals surface area contributed by atoms with Gasteiger partial charge in [-0.1, -0.05) is 12.1 Å². The average Bonchev–Trinajstić information content (AvgIpc) is 2.87. The zero-order valence-corrected chi connectivity index (χ0v) is 10.4. The van der Waals surface area contributed by atoms with Crippen LogP contribution in [-0.4, -0.2) is 5.11 Å². The molecule has 0 aliphatic heterocycles. The summed E-state index contributed by atoms with van der Waals surface area (Å²) in [4.78, 5) is 0. The fourth-order valence-electron chi connectivity index (χ4n) is 2.08. The number of rotatable bonds is 2. The number of benzene rings is 2. The van der Waals surface area contributed by atoms with E-state index in [-0.39, 0.29) is 11.3 Å². The molecule has 1 unspecified atom stereocenters. The Morgan fingerprint density at radius 2 is 1.57 bits per heavy atom. The standard InChI is InChI=1S/C15H8F4O2/c16-9-3-1-2-7-4-13(21-15(7)9)14(20)8-5-11(18)12(19)6-10(8)17/h1-6,14,20H. The van der Waals surface area contributed by atoms with Gasteiger partial charge in [-0.15, -0.1) is 0 Å². The number of furan rings is 1. The number of hydrogen-bond acceptors (Lipinski definition) is 2. The van der Waals surface area contributed by atoms with Crippen molar-refractivity contribution in [1.82, 2.24) is 0 Å². The molecule has 1 atom stereocenters. The Morgan fingerprint density at radius 3 is 2.29 bits per heavy atom. The third-order valence-electron chi connectivity index (χ3n) is 3.12. The van der Waals surface area contributed by atoms with Gasteiger partial charge in [-0.2, -0.15) is 0 Å². The lowest BCUT2D eigenvalue weighted by atomic mass is 10.1. The van der Waals surface area contributed by atoms with Gasteiger partial charge in [-0.05, 0) is 18.2 Å². The monoisotopic (exact) mass is 296 g/mol. The molecule has 0 saturated heterocycles. The smallest absolute Gasteiger partial charge is 0.170 e. The molecule has 0 aliphatic carbocycles. The van der Waals surface area contributed by atoms with Crippen LogP contribution in [0.25, 0.3) is 11.0 Å². The molecule has 0 fully saturated rings. The van der Waals surface area contributed by atoms with E-state index < -0.39 is 34.9 Å². The van der Waals surface area contributed by atoms with Gasteiger partial charge in [-0.3, -0.25) is 0 Å². The second kappa shape index (κ2) is 4.89. The summed E-state index contributed by atoms with van der Waals surface area (Å²) in [5.74, 6) is -4.59. The summed E-state index contributed by atoms with van der Waals surface area (Å²) in [5, 5.41) is 10.4. The van der Waals surface area contributed by atoms with Crippen LogP contribution >= 0.6 is 0 Å². The lowest BCUT2D eigenvalue weighted by Crippen LogP contribution is -2.03. The first-order valence-corrected chi connectivity index (χ1v) is 5.98. The maximum Gasteiger partial charge on any atom is 0.170 e. The molecular weight excluding hydrogens is 288 g/mol. The van der Waals surface area contributed by atoms with Crippen molar-refractivity contribution in [3.63, 3.8) is 0 Å². The van der Waals surface area contributed by atoms with E-state index in [1.807, 2.05) is 0 Å². The van der Waals surface area contributed by atoms with Crippen LogP contribution in [0.5, 0.6) is 0 Å². The summed E-state index contributed by atoms with van der Waals surface area (Å²) in [6.45, 7) is 0. The van der Waals surface area contributed by atoms with Gasteiger partial charge in [0.1, 0.15) is 17.7 Å². The molecule has 2 aromatic carbocycles. The molecular formula is C15H8F4O2. The van der Waals surface area contributed by atoms with E-state index in [0.29, 0.717) is 17.5 Å². The van der Waals surface area contributed by atoms with Gasteiger partial charge < -0.3 is 9.52 Å². The second-order valence-corrected chi connectivity index (χ2v) is 4.50. The van der Waals surface area contributed by atoms with E-state index in [0.717, 1.165) is 0 Å². The third kappa shape index (κ3) is 2.27. The highest BCUT2D eigenvalue weighted by atomic mass is 19.2. The molecule has 6 heteroatoms. The fourth-order valence-corrected chi connectivity index (χ4v) is 2.08. The molecule has 0 spiro atoms. The highest BCUT2D eigenvalue weighted by Crippen LogP contribution is 2.31. The molecule has 21 heavy (non-hydrogen) atoms. The van der Waals surface area contributed by atoms with Crippen molar-refractivity contribution >= 4 is 11.0 Å². The predicted octanol–water partition coefficient (Wildman–Crippen LogP) is 4.07. The minimum absolute atomic E-state index is 0.102. The first-order chi connectivity index (χ1) is 9.97. The minimum atomic E-state index is -1.67. The van der Waals surface area contributed by atoms with E-state index in [1.165, 1.54) is 18.2 Å². The van der Waals surface area contributed by atoms with Gasteiger partial charge in [0.05, 0.1) is 0 Å². The molecule has 0 radical (unpaired) electrons. The van der Waals surface area contributed by atoms with Crippen LogP contribution in [0.1, 0.15) is 17.4 Å². The number of aliphatic hydroxyl groups excluding tert-OH is 1. The Morgan fingerprint density at radius 1 is 0.857 bits per heavy atom. The number of para-hydroxylation sites is 1. The first kappa shape index (κ1) is 13.6. The SMILES string of the molecule is OC(c1cc2cccc(F)c2o1)c1cc(F)c(F)cc1F. The lowest BCUT2D eigenvalue weighted by Gasteiger charge is -2.09. The highest BCUT2D eigenvalue weighted by molar-refractivity contribution is 5.78. The van der Waals surface area contributed by atoms with Crippen molar-refractivity contribution in [2.24, 2.45) is 0 Å². The van der Waals surface area contributed by atoms with E-state index >= 15 is 0 Å². The van der Waals surface area contributed by atoms with Gasteiger partial charge in [0, 0.05) is 17.0 Å². The summed E-state index contributed by atoms with van der Waals surface area (Å²) >= 11 is 0. The van der Waals surface area contributed by atoms with E-state index in [2.05, 4.69) is 0 Å². The van der Waals surface area contributed by atoms with Gasteiger partial charge in [0.25, 0.3) is 0 Å². The molecule has 1 N–H and O–H groups in total. The largest absolute Gasteiger partial charge is 0.455 e. The molecule has 0 saturated carbocycles. The van der Waals surface area contributed by atoms with E-state index in [9.17, 15) is 22.7 Å². The Bertz CT molecular complexity index is 826. The van der Waals surface area contributed by atoms with Crippen LogP contribution in [0.15, 0.2) is 40.8 Å². The van der Waals surface area contributed by atoms with Crippen LogP contribution in [-0.2, 0) is 0 Å². The van der Waals surface area contributed by atoms with Crippen molar-refractivity contribution in [3.05, 3.63) is 71.0 Å². The van der Waals surface area contributed by atoms with Crippen LogP contribution in [0.3, 0.4) is 0 Å². The van der Waals surface area contributed by atoms with Crippen molar-refractivity contribution in [2.45, 2.75) is 6.10 Å². The van der Waals surface area contributed by atoms with Crippen molar-refractivity contribution in [1.29, 1.82) is 0 Å². The normalized spacial score (nSPS) is 12.8. The molecule has 3 aromatic rings. The van der Waals surface area contributed by atoms with Crippen LogP contribution in [0, 0.1) is 23.3 Å². The molecule has 1 heterocycles. The summed E-state index contributed by atoms with van der Waals surface area (Å²) in [5.41, 5.74) is -0.595. The molecule has 0 aliphatic rings.